The molecule has 3 aromatic rings. The number of ether oxygens (including phenoxy) is 1. The zero-order valence-electron chi connectivity index (χ0n) is 14.5. The maximum atomic E-state index is 12.7. The van der Waals surface area contributed by atoms with Crippen molar-refractivity contribution in [1.82, 2.24) is 4.90 Å². The van der Waals surface area contributed by atoms with Crippen LogP contribution in [0.4, 0.5) is 5.69 Å². The van der Waals surface area contributed by atoms with Crippen molar-refractivity contribution in [3.63, 3.8) is 0 Å². The summed E-state index contributed by atoms with van der Waals surface area (Å²) in [6, 6.07) is 14.4. The minimum atomic E-state index is -0.229. The molecule has 2 N–H and O–H groups in total. The number of carbonyl (C=O) groups excluding carboxylic acids is 1. The van der Waals surface area contributed by atoms with E-state index in [0.29, 0.717) is 23.4 Å². The second-order valence-corrected chi connectivity index (χ2v) is 6.20. The van der Waals surface area contributed by atoms with Gasteiger partial charge in [-0.2, -0.15) is 0 Å². The first-order chi connectivity index (χ1) is 12.1. The molecule has 130 valence electrons. The zero-order valence-corrected chi connectivity index (χ0v) is 14.5. The van der Waals surface area contributed by atoms with Crippen LogP contribution in [0.15, 0.2) is 52.9 Å². The highest BCUT2D eigenvalue weighted by atomic mass is 16.5. The van der Waals surface area contributed by atoms with Gasteiger partial charge in [-0.15, -0.1) is 0 Å². The Labute approximate surface area is 147 Å². The molecule has 0 saturated heterocycles. The van der Waals surface area contributed by atoms with E-state index in [2.05, 4.69) is 4.90 Å². The molecule has 5 heteroatoms. The van der Waals surface area contributed by atoms with E-state index in [4.69, 9.17) is 14.9 Å². The summed E-state index contributed by atoms with van der Waals surface area (Å²) in [7, 11) is 4.06. The monoisotopic (exact) mass is 338 g/mol. The molecule has 0 saturated carbocycles. The van der Waals surface area contributed by atoms with Crippen LogP contribution >= 0.6 is 0 Å². The van der Waals surface area contributed by atoms with Crippen LogP contribution in [-0.2, 0) is 0 Å². The van der Waals surface area contributed by atoms with Gasteiger partial charge < -0.3 is 19.8 Å². The number of fused-ring (bicyclic) bond motifs is 1. The van der Waals surface area contributed by atoms with Gasteiger partial charge in [-0.25, -0.2) is 0 Å². The van der Waals surface area contributed by atoms with E-state index >= 15 is 0 Å². The predicted octanol–water partition coefficient (Wildman–Crippen LogP) is 3.58. The summed E-state index contributed by atoms with van der Waals surface area (Å²) in [5.41, 5.74) is 7.58. The third kappa shape index (κ3) is 3.83. The standard InChI is InChI=1S/C20H22N2O3/c1-22(2)12-5-13-24-15-10-8-14(9-11-15)19(23)20-18(21)16-6-3-4-7-17(16)25-20/h3-4,6-11H,5,12-13,21H2,1-2H3. The zero-order chi connectivity index (χ0) is 17.8. The predicted molar refractivity (Wildman–Crippen MR) is 99.2 cm³/mol. The lowest BCUT2D eigenvalue weighted by atomic mass is 10.1. The quantitative estimate of drug-likeness (QED) is 0.527. The molecule has 0 aliphatic rings. The van der Waals surface area contributed by atoms with Crippen molar-refractivity contribution in [2.24, 2.45) is 0 Å². The fourth-order valence-electron chi connectivity index (χ4n) is 2.64. The molecular weight excluding hydrogens is 316 g/mol. The molecule has 2 aromatic carbocycles. The summed E-state index contributed by atoms with van der Waals surface area (Å²) < 4.78 is 11.3. The SMILES string of the molecule is CN(C)CCCOc1ccc(C(=O)c2oc3ccccc3c2N)cc1. The summed E-state index contributed by atoms with van der Waals surface area (Å²) in [5, 5.41) is 0.756. The van der Waals surface area contributed by atoms with E-state index < -0.39 is 0 Å². The van der Waals surface area contributed by atoms with Gasteiger partial charge in [0.25, 0.3) is 0 Å². The summed E-state index contributed by atoms with van der Waals surface area (Å²) in [6.45, 7) is 1.61. The molecule has 3 rings (SSSR count). The van der Waals surface area contributed by atoms with Crippen molar-refractivity contribution >= 4 is 22.4 Å². The van der Waals surface area contributed by atoms with Gasteiger partial charge in [0.1, 0.15) is 11.3 Å². The Kier molecular flexibility index (Phi) is 5.05. The number of benzene rings is 2. The molecule has 0 fully saturated rings. The lowest BCUT2D eigenvalue weighted by Crippen LogP contribution is -2.15. The van der Waals surface area contributed by atoms with Crippen LogP contribution in [0, 0.1) is 0 Å². The molecule has 0 amide bonds. The highest BCUT2D eigenvalue weighted by Gasteiger charge is 2.19. The Morgan fingerprint density at radius 3 is 2.52 bits per heavy atom. The van der Waals surface area contributed by atoms with E-state index in [9.17, 15) is 4.79 Å². The summed E-state index contributed by atoms with van der Waals surface area (Å²) in [4.78, 5) is 14.8. The first kappa shape index (κ1) is 17.0. The number of nitrogens with two attached hydrogens (primary N) is 1. The Morgan fingerprint density at radius 1 is 1.12 bits per heavy atom. The van der Waals surface area contributed by atoms with Gasteiger partial charge in [-0.05, 0) is 56.9 Å². The average molecular weight is 338 g/mol. The number of hydrogen-bond donors (Lipinski definition) is 1. The van der Waals surface area contributed by atoms with E-state index in [0.717, 1.165) is 24.1 Å². The lowest BCUT2D eigenvalue weighted by molar-refractivity contribution is 0.101. The van der Waals surface area contributed by atoms with Crippen molar-refractivity contribution < 1.29 is 13.9 Å². The second kappa shape index (κ2) is 7.40. The molecule has 0 spiro atoms. The van der Waals surface area contributed by atoms with Crippen LogP contribution in [0.5, 0.6) is 5.75 Å². The Morgan fingerprint density at radius 2 is 1.84 bits per heavy atom. The number of anilines is 1. The molecule has 5 nitrogen and oxygen atoms in total. The number of rotatable bonds is 7. The molecule has 0 atom stereocenters. The molecule has 0 aliphatic carbocycles. The van der Waals surface area contributed by atoms with Crippen molar-refractivity contribution in [2.75, 3.05) is 33.0 Å². The fourth-order valence-corrected chi connectivity index (χ4v) is 2.64. The number of ketones is 1. The summed E-state index contributed by atoms with van der Waals surface area (Å²) >= 11 is 0. The van der Waals surface area contributed by atoms with Gasteiger partial charge in [0, 0.05) is 17.5 Å². The van der Waals surface area contributed by atoms with Crippen LogP contribution < -0.4 is 10.5 Å². The van der Waals surface area contributed by atoms with Crippen LogP contribution in [-0.4, -0.2) is 37.9 Å². The van der Waals surface area contributed by atoms with Crippen molar-refractivity contribution in [3.8, 4) is 5.75 Å². The lowest BCUT2D eigenvalue weighted by Gasteiger charge is -2.10. The fraction of sp³-hybridized carbons (Fsp3) is 0.250. The minimum absolute atomic E-state index is 0.181. The van der Waals surface area contributed by atoms with Crippen LogP contribution in [0.1, 0.15) is 22.5 Å². The highest BCUT2D eigenvalue weighted by Crippen LogP contribution is 2.30. The minimum Gasteiger partial charge on any atom is -0.494 e. The van der Waals surface area contributed by atoms with Gasteiger partial charge in [0.2, 0.25) is 5.78 Å². The Balaban J connectivity index is 1.71. The number of hydrogen-bond acceptors (Lipinski definition) is 5. The third-order valence-electron chi connectivity index (χ3n) is 3.98. The summed E-state index contributed by atoms with van der Waals surface area (Å²) in [5.74, 6) is 0.696. The largest absolute Gasteiger partial charge is 0.494 e. The first-order valence-corrected chi connectivity index (χ1v) is 8.25. The maximum Gasteiger partial charge on any atom is 0.230 e. The van der Waals surface area contributed by atoms with Crippen molar-refractivity contribution in [1.29, 1.82) is 0 Å². The molecule has 0 unspecified atom stereocenters. The number of para-hydroxylation sites is 1. The highest BCUT2D eigenvalue weighted by molar-refractivity contribution is 6.14. The topological polar surface area (TPSA) is 68.7 Å². The molecule has 0 bridgehead atoms. The van der Waals surface area contributed by atoms with Gasteiger partial charge in [-0.3, -0.25) is 4.79 Å². The van der Waals surface area contributed by atoms with E-state index in [1.54, 1.807) is 30.3 Å². The number of nitrogen functional groups attached to an aromatic ring is 1. The molecule has 25 heavy (non-hydrogen) atoms. The van der Waals surface area contributed by atoms with Crippen LogP contribution in [0.2, 0.25) is 0 Å². The molecular formula is C20H22N2O3. The van der Waals surface area contributed by atoms with E-state index in [-0.39, 0.29) is 11.5 Å². The molecule has 1 aromatic heterocycles. The molecule has 0 radical (unpaired) electrons. The normalized spacial score (nSPS) is 11.2. The van der Waals surface area contributed by atoms with Crippen LogP contribution in [0.3, 0.4) is 0 Å². The second-order valence-electron chi connectivity index (χ2n) is 6.20. The van der Waals surface area contributed by atoms with Crippen molar-refractivity contribution in [3.05, 3.63) is 59.9 Å². The molecule has 1 heterocycles. The van der Waals surface area contributed by atoms with E-state index in [1.165, 1.54) is 0 Å². The molecule has 0 aliphatic heterocycles. The number of furan rings is 1. The first-order valence-electron chi connectivity index (χ1n) is 8.25. The Bertz CT molecular complexity index is 866. The number of carbonyl (C=O) groups is 1. The average Bonchev–Trinajstić information content (AvgIpc) is 2.96. The Hall–Kier alpha value is -2.79. The number of nitrogens with zero attached hydrogens (tertiary/aromatic N) is 1. The van der Waals surface area contributed by atoms with Crippen LogP contribution in [0.25, 0.3) is 11.0 Å². The smallest absolute Gasteiger partial charge is 0.230 e. The summed E-state index contributed by atoms with van der Waals surface area (Å²) in [6.07, 6.45) is 0.948. The van der Waals surface area contributed by atoms with E-state index in [1.807, 2.05) is 32.3 Å². The van der Waals surface area contributed by atoms with Gasteiger partial charge >= 0.3 is 0 Å². The van der Waals surface area contributed by atoms with Crippen molar-refractivity contribution in [2.45, 2.75) is 6.42 Å². The van der Waals surface area contributed by atoms with Gasteiger partial charge in [0.15, 0.2) is 5.76 Å². The van der Waals surface area contributed by atoms with Gasteiger partial charge in [0.05, 0.1) is 12.3 Å². The van der Waals surface area contributed by atoms with Gasteiger partial charge in [-0.1, -0.05) is 12.1 Å². The maximum absolute atomic E-state index is 12.7. The third-order valence-corrected chi connectivity index (χ3v) is 3.98.